The molecule has 1 N–H and O–H groups in total. The van der Waals surface area contributed by atoms with Crippen LogP contribution in [0.5, 0.6) is 5.75 Å². The lowest BCUT2D eigenvalue weighted by Crippen LogP contribution is -2.29. The first kappa shape index (κ1) is 13.2. The van der Waals surface area contributed by atoms with Gasteiger partial charge in [0.05, 0.1) is 6.61 Å². The van der Waals surface area contributed by atoms with Crippen molar-refractivity contribution in [3.63, 3.8) is 0 Å². The molecule has 0 radical (unpaired) electrons. The first-order chi connectivity index (χ1) is 8.74. The SMILES string of the molecule is C=CCC(C)NC(CC)c1ccc2c(c1)CCO2. The summed E-state index contributed by atoms with van der Waals surface area (Å²) in [6, 6.07) is 7.48. The van der Waals surface area contributed by atoms with Crippen LogP contribution in [-0.4, -0.2) is 12.6 Å². The third-order valence-corrected chi connectivity index (χ3v) is 3.53. The van der Waals surface area contributed by atoms with E-state index >= 15 is 0 Å². The topological polar surface area (TPSA) is 21.3 Å². The molecular weight excluding hydrogens is 222 g/mol. The van der Waals surface area contributed by atoms with E-state index in [9.17, 15) is 0 Å². The summed E-state index contributed by atoms with van der Waals surface area (Å²) in [4.78, 5) is 0. The average molecular weight is 245 g/mol. The lowest BCUT2D eigenvalue weighted by Gasteiger charge is -2.22. The summed E-state index contributed by atoms with van der Waals surface area (Å²) in [6.45, 7) is 9.06. The second kappa shape index (κ2) is 6.05. The van der Waals surface area contributed by atoms with E-state index in [-0.39, 0.29) is 0 Å². The van der Waals surface area contributed by atoms with Crippen molar-refractivity contribution in [1.29, 1.82) is 0 Å². The number of benzene rings is 1. The van der Waals surface area contributed by atoms with Gasteiger partial charge in [0.1, 0.15) is 5.75 Å². The lowest BCUT2D eigenvalue weighted by atomic mass is 9.99. The molecule has 0 amide bonds. The molecule has 2 unspecified atom stereocenters. The largest absolute Gasteiger partial charge is 0.493 e. The molecule has 0 bridgehead atoms. The van der Waals surface area contributed by atoms with E-state index in [0.717, 1.165) is 31.6 Å². The molecule has 2 atom stereocenters. The Hall–Kier alpha value is -1.28. The van der Waals surface area contributed by atoms with Gasteiger partial charge in [0, 0.05) is 18.5 Å². The van der Waals surface area contributed by atoms with Crippen molar-refractivity contribution in [2.75, 3.05) is 6.61 Å². The first-order valence-electron chi connectivity index (χ1n) is 6.87. The maximum absolute atomic E-state index is 5.55. The highest BCUT2D eigenvalue weighted by Crippen LogP contribution is 2.29. The summed E-state index contributed by atoms with van der Waals surface area (Å²) >= 11 is 0. The third kappa shape index (κ3) is 2.94. The zero-order valence-electron chi connectivity index (χ0n) is 11.4. The van der Waals surface area contributed by atoms with Crippen molar-refractivity contribution in [2.45, 2.75) is 45.2 Å². The summed E-state index contributed by atoms with van der Waals surface area (Å²) in [7, 11) is 0. The standard InChI is InChI=1S/C16H23NO/c1-4-6-12(3)17-15(5-2)13-7-8-16-14(11-13)9-10-18-16/h4,7-8,11-12,15,17H,1,5-6,9-10H2,2-3H3. The lowest BCUT2D eigenvalue weighted by molar-refractivity contribution is 0.356. The molecule has 1 heterocycles. The predicted octanol–water partition coefficient (Wildman–Crippen LogP) is 3.63. The van der Waals surface area contributed by atoms with Gasteiger partial charge >= 0.3 is 0 Å². The van der Waals surface area contributed by atoms with Gasteiger partial charge in [-0.3, -0.25) is 0 Å². The van der Waals surface area contributed by atoms with Crippen LogP contribution in [0.25, 0.3) is 0 Å². The Morgan fingerprint density at radius 2 is 2.33 bits per heavy atom. The van der Waals surface area contributed by atoms with Gasteiger partial charge < -0.3 is 10.1 Å². The van der Waals surface area contributed by atoms with E-state index in [1.54, 1.807) is 0 Å². The molecule has 2 nitrogen and oxygen atoms in total. The minimum atomic E-state index is 0.422. The van der Waals surface area contributed by atoms with E-state index in [1.165, 1.54) is 11.1 Å². The Bertz CT molecular complexity index is 414. The van der Waals surface area contributed by atoms with Crippen LogP contribution in [-0.2, 0) is 6.42 Å². The molecule has 1 aromatic carbocycles. The molecule has 0 saturated heterocycles. The van der Waals surface area contributed by atoms with Crippen molar-refractivity contribution >= 4 is 0 Å². The maximum Gasteiger partial charge on any atom is 0.122 e. The zero-order valence-corrected chi connectivity index (χ0v) is 11.4. The van der Waals surface area contributed by atoms with Gasteiger partial charge in [-0.1, -0.05) is 25.1 Å². The van der Waals surface area contributed by atoms with Gasteiger partial charge in [-0.2, -0.15) is 0 Å². The smallest absolute Gasteiger partial charge is 0.122 e. The monoisotopic (exact) mass is 245 g/mol. The Balaban J connectivity index is 2.09. The summed E-state index contributed by atoms with van der Waals surface area (Å²) in [5.74, 6) is 1.06. The Morgan fingerprint density at radius 3 is 3.06 bits per heavy atom. The van der Waals surface area contributed by atoms with Gasteiger partial charge in [0.15, 0.2) is 0 Å². The van der Waals surface area contributed by atoms with Crippen LogP contribution in [0.15, 0.2) is 30.9 Å². The second-order valence-corrected chi connectivity index (χ2v) is 5.02. The molecule has 18 heavy (non-hydrogen) atoms. The van der Waals surface area contributed by atoms with Crippen molar-refractivity contribution in [3.8, 4) is 5.75 Å². The Kier molecular flexibility index (Phi) is 4.43. The van der Waals surface area contributed by atoms with Crippen LogP contribution in [0.3, 0.4) is 0 Å². The Labute approximate surface area is 110 Å². The molecule has 2 heteroatoms. The number of fused-ring (bicyclic) bond motifs is 1. The van der Waals surface area contributed by atoms with Crippen molar-refractivity contribution in [1.82, 2.24) is 5.32 Å². The van der Waals surface area contributed by atoms with Crippen molar-refractivity contribution in [2.24, 2.45) is 0 Å². The zero-order chi connectivity index (χ0) is 13.0. The van der Waals surface area contributed by atoms with Gasteiger partial charge in [-0.15, -0.1) is 6.58 Å². The quantitative estimate of drug-likeness (QED) is 0.773. The molecule has 0 saturated carbocycles. The van der Waals surface area contributed by atoms with Crippen LogP contribution in [0, 0.1) is 0 Å². The fourth-order valence-electron chi connectivity index (χ4n) is 2.53. The van der Waals surface area contributed by atoms with Gasteiger partial charge in [-0.05, 0) is 37.0 Å². The van der Waals surface area contributed by atoms with Crippen LogP contribution in [0.1, 0.15) is 43.9 Å². The van der Waals surface area contributed by atoms with Crippen LogP contribution < -0.4 is 10.1 Å². The minimum Gasteiger partial charge on any atom is -0.493 e. The number of nitrogens with one attached hydrogen (secondary N) is 1. The molecule has 1 aromatic rings. The van der Waals surface area contributed by atoms with Gasteiger partial charge in [0.2, 0.25) is 0 Å². The van der Waals surface area contributed by atoms with Crippen LogP contribution >= 0.6 is 0 Å². The second-order valence-electron chi connectivity index (χ2n) is 5.02. The molecule has 0 spiro atoms. The van der Waals surface area contributed by atoms with E-state index in [2.05, 4.69) is 43.9 Å². The highest BCUT2D eigenvalue weighted by molar-refractivity contribution is 5.40. The summed E-state index contributed by atoms with van der Waals surface area (Å²) in [6.07, 6.45) is 5.12. The van der Waals surface area contributed by atoms with E-state index in [0.29, 0.717) is 12.1 Å². The summed E-state index contributed by atoms with van der Waals surface area (Å²) < 4.78 is 5.55. The predicted molar refractivity (Wildman–Crippen MR) is 76.1 cm³/mol. The highest BCUT2D eigenvalue weighted by Gasteiger charge is 2.16. The minimum absolute atomic E-state index is 0.422. The first-order valence-corrected chi connectivity index (χ1v) is 6.87. The van der Waals surface area contributed by atoms with Crippen LogP contribution in [0.4, 0.5) is 0 Å². The van der Waals surface area contributed by atoms with Gasteiger partial charge in [-0.25, -0.2) is 0 Å². The number of hydrogen-bond acceptors (Lipinski definition) is 2. The van der Waals surface area contributed by atoms with E-state index < -0.39 is 0 Å². The highest BCUT2D eigenvalue weighted by atomic mass is 16.5. The number of rotatable bonds is 6. The maximum atomic E-state index is 5.55. The Morgan fingerprint density at radius 1 is 1.50 bits per heavy atom. The fraction of sp³-hybridized carbons (Fsp3) is 0.500. The average Bonchev–Trinajstić information content (AvgIpc) is 2.83. The third-order valence-electron chi connectivity index (χ3n) is 3.53. The molecule has 0 fully saturated rings. The molecule has 2 rings (SSSR count). The van der Waals surface area contributed by atoms with Crippen LogP contribution in [0.2, 0.25) is 0 Å². The molecular formula is C16H23NO. The molecule has 98 valence electrons. The normalized spacial score (nSPS) is 16.8. The van der Waals surface area contributed by atoms with Crippen molar-refractivity contribution < 1.29 is 4.74 Å². The molecule has 1 aliphatic rings. The molecule has 1 aliphatic heterocycles. The van der Waals surface area contributed by atoms with Gasteiger partial charge in [0.25, 0.3) is 0 Å². The van der Waals surface area contributed by atoms with Crippen molar-refractivity contribution in [3.05, 3.63) is 42.0 Å². The number of hydrogen-bond donors (Lipinski definition) is 1. The number of ether oxygens (including phenoxy) is 1. The van der Waals surface area contributed by atoms with E-state index in [4.69, 9.17) is 4.74 Å². The molecule has 0 aliphatic carbocycles. The fourth-order valence-corrected chi connectivity index (χ4v) is 2.53. The van der Waals surface area contributed by atoms with E-state index in [1.807, 2.05) is 6.08 Å². The molecule has 0 aromatic heterocycles. The summed E-state index contributed by atoms with van der Waals surface area (Å²) in [5.41, 5.74) is 2.72. The summed E-state index contributed by atoms with van der Waals surface area (Å²) in [5, 5.41) is 3.66.